The molecule has 3 aromatic rings. The van der Waals surface area contributed by atoms with Crippen LogP contribution in [-0.2, 0) is 6.54 Å². The Morgan fingerprint density at radius 1 is 1.28 bits per heavy atom. The highest BCUT2D eigenvalue weighted by molar-refractivity contribution is 7.09. The van der Waals surface area contributed by atoms with Gasteiger partial charge in [0.2, 0.25) is 5.95 Å². The van der Waals surface area contributed by atoms with E-state index in [1.165, 1.54) is 0 Å². The maximum atomic E-state index is 6.03. The fourth-order valence-corrected chi connectivity index (χ4v) is 2.68. The van der Waals surface area contributed by atoms with Crippen molar-refractivity contribution in [1.29, 1.82) is 0 Å². The first kappa shape index (κ1) is 11.8. The van der Waals surface area contributed by atoms with Crippen LogP contribution < -0.4 is 5.73 Å². The minimum absolute atomic E-state index is 0.441. The average Bonchev–Trinajstić information content (AvgIpc) is 2.92. The molecule has 0 bridgehead atoms. The number of hydrogen-bond acceptors (Lipinski definition) is 4. The lowest BCUT2D eigenvalue weighted by Crippen LogP contribution is -2.03. The number of thiazole rings is 1. The number of rotatable bonds is 2. The summed E-state index contributed by atoms with van der Waals surface area (Å²) < 4.78 is 1.89. The molecular weight excluding hydrogens is 291 g/mol. The second-order valence-corrected chi connectivity index (χ2v) is 5.56. The highest BCUT2D eigenvalue weighted by atomic mass is 35.5. The molecule has 0 aliphatic heterocycles. The van der Waals surface area contributed by atoms with E-state index in [1.807, 2.05) is 10.8 Å². The number of imidazole rings is 1. The molecule has 92 valence electrons. The van der Waals surface area contributed by atoms with Gasteiger partial charge in [0, 0.05) is 11.1 Å². The van der Waals surface area contributed by atoms with Crippen LogP contribution in [0.2, 0.25) is 10.0 Å². The minimum Gasteiger partial charge on any atom is -0.369 e. The highest BCUT2D eigenvalue weighted by Gasteiger charge is 2.11. The molecule has 4 nitrogen and oxygen atoms in total. The van der Waals surface area contributed by atoms with Crippen LogP contribution in [0.1, 0.15) is 4.88 Å². The third-order valence-electron chi connectivity index (χ3n) is 2.62. The molecule has 0 atom stereocenters. The molecule has 7 heteroatoms. The van der Waals surface area contributed by atoms with E-state index < -0.39 is 0 Å². The van der Waals surface area contributed by atoms with Crippen LogP contribution in [0.25, 0.3) is 11.0 Å². The Morgan fingerprint density at radius 3 is 2.78 bits per heavy atom. The number of aromatic nitrogens is 3. The molecule has 18 heavy (non-hydrogen) atoms. The van der Waals surface area contributed by atoms with Crippen LogP contribution in [0.5, 0.6) is 0 Å². The number of nitrogens with zero attached hydrogens (tertiary/aromatic N) is 3. The molecule has 0 spiro atoms. The molecule has 2 N–H and O–H groups in total. The van der Waals surface area contributed by atoms with E-state index in [2.05, 4.69) is 9.97 Å². The molecule has 0 saturated carbocycles. The predicted octanol–water partition coefficient (Wildman–Crippen LogP) is 3.43. The van der Waals surface area contributed by atoms with E-state index in [4.69, 9.17) is 28.9 Å². The second-order valence-electron chi connectivity index (χ2n) is 3.78. The van der Waals surface area contributed by atoms with Gasteiger partial charge >= 0.3 is 0 Å². The fourth-order valence-electron chi connectivity index (χ4n) is 1.78. The first-order chi connectivity index (χ1) is 8.65. The summed E-state index contributed by atoms with van der Waals surface area (Å²) in [4.78, 5) is 9.42. The van der Waals surface area contributed by atoms with Crippen molar-refractivity contribution in [2.45, 2.75) is 6.54 Å². The van der Waals surface area contributed by atoms with E-state index >= 15 is 0 Å². The molecule has 0 aliphatic carbocycles. The molecule has 0 amide bonds. The van der Waals surface area contributed by atoms with E-state index in [-0.39, 0.29) is 0 Å². The molecule has 0 aliphatic rings. The van der Waals surface area contributed by atoms with Gasteiger partial charge in [0.25, 0.3) is 0 Å². The number of fused-ring (bicyclic) bond motifs is 1. The normalized spacial score (nSPS) is 11.2. The first-order valence-electron chi connectivity index (χ1n) is 5.13. The lowest BCUT2D eigenvalue weighted by atomic mass is 10.3. The van der Waals surface area contributed by atoms with Crippen LogP contribution in [0.3, 0.4) is 0 Å². The van der Waals surface area contributed by atoms with Crippen LogP contribution >= 0.6 is 34.5 Å². The smallest absolute Gasteiger partial charge is 0.201 e. The number of nitrogens with two attached hydrogens (primary N) is 1. The molecule has 0 radical (unpaired) electrons. The summed E-state index contributed by atoms with van der Waals surface area (Å²) in [7, 11) is 0. The van der Waals surface area contributed by atoms with Gasteiger partial charge in [0.15, 0.2) is 0 Å². The Kier molecular flexibility index (Phi) is 2.89. The van der Waals surface area contributed by atoms with E-state index in [0.717, 1.165) is 15.9 Å². The van der Waals surface area contributed by atoms with Gasteiger partial charge in [-0.25, -0.2) is 4.98 Å². The highest BCUT2D eigenvalue weighted by Crippen LogP contribution is 2.29. The Bertz CT molecular complexity index is 705. The van der Waals surface area contributed by atoms with Crippen molar-refractivity contribution in [2.75, 3.05) is 5.73 Å². The zero-order chi connectivity index (χ0) is 12.7. The number of benzene rings is 1. The van der Waals surface area contributed by atoms with Crippen molar-refractivity contribution in [3.63, 3.8) is 0 Å². The van der Waals surface area contributed by atoms with Gasteiger partial charge in [-0.3, -0.25) is 4.98 Å². The van der Waals surface area contributed by atoms with Crippen molar-refractivity contribution in [3.05, 3.63) is 38.8 Å². The summed E-state index contributed by atoms with van der Waals surface area (Å²) in [6.45, 7) is 0.630. The second kappa shape index (κ2) is 4.42. The minimum atomic E-state index is 0.441. The topological polar surface area (TPSA) is 56.7 Å². The molecule has 3 rings (SSSR count). The lowest BCUT2D eigenvalue weighted by Gasteiger charge is -2.04. The van der Waals surface area contributed by atoms with Crippen molar-refractivity contribution in [2.24, 2.45) is 0 Å². The first-order valence-corrected chi connectivity index (χ1v) is 6.77. The average molecular weight is 299 g/mol. The lowest BCUT2D eigenvalue weighted by molar-refractivity contribution is 0.850. The third kappa shape index (κ3) is 1.94. The van der Waals surface area contributed by atoms with Crippen LogP contribution in [0.4, 0.5) is 5.95 Å². The van der Waals surface area contributed by atoms with Gasteiger partial charge in [-0.05, 0) is 12.1 Å². The Balaban J connectivity index is 2.16. The van der Waals surface area contributed by atoms with Crippen molar-refractivity contribution in [3.8, 4) is 0 Å². The molecule has 2 heterocycles. The number of halogens is 2. The van der Waals surface area contributed by atoms with Gasteiger partial charge in [-0.15, -0.1) is 11.3 Å². The summed E-state index contributed by atoms with van der Waals surface area (Å²) in [6, 6.07) is 3.50. The maximum Gasteiger partial charge on any atom is 0.201 e. The molecular formula is C11H8Cl2N4S. The summed E-state index contributed by atoms with van der Waals surface area (Å²) in [5.74, 6) is 0.441. The largest absolute Gasteiger partial charge is 0.369 e. The predicted molar refractivity (Wildman–Crippen MR) is 75.4 cm³/mol. The maximum absolute atomic E-state index is 6.03. The zero-order valence-electron chi connectivity index (χ0n) is 9.10. The van der Waals surface area contributed by atoms with Crippen molar-refractivity contribution in [1.82, 2.24) is 14.5 Å². The van der Waals surface area contributed by atoms with Crippen LogP contribution in [0, 0.1) is 0 Å². The van der Waals surface area contributed by atoms with Crippen LogP contribution in [-0.4, -0.2) is 14.5 Å². The number of nitrogen functional groups attached to an aromatic ring is 1. The zero-order valence-corrected chi connectivity index (χ0v) is 11.4. The van der Waals surface area contributed by atoms with Gasteiger partial charge in [-0.2, -0.15) is 0 Å². The number of hydrogen-bond donors (Lipinski definition) is 1. The quantitative estimate of drug-likeness (QED) is 0.788. The third-order valence-corrected chi connectivity index (χ3v) is 4.10. The number of anilines is 1. The molecule has 2 aromatic heterocycles. The van der Waals surface area contributed by atoms with E-state index in [0.29, 0.717) is 22.5 Å². The fraction of sp³-hybridized carbons (Fsp3) is 0.0909. The Hall–Kier alpha value is -1.30. The van der Waals surface area contributed by atoms with Gasteiger partial charge in [0.1, 0.15) is 0 Å². The van der Waals surface area contributed by atoms with Gasteiger partial charge in [-0.1, -0.05) is 23.2 Å². The SMILES string of the molecule is Nc1nc2cc(Cl)c(Cl)cc2n1Cc1cncs1. The molecule has 0 saturated heterocycles. The summed E-state index contributed by atoms with van der Waals surface area (Å²) in [6.07, 6.45) is 1.81. The van der Waals surface area contributed by atoms with Crippen molar-refractivity contribution >= 4 is 51.5 Å². The summed E-state index contributed by atoms with van der Waals surface area (Å²) >= 11 is 13.6. The monoisotopic (exact) mass is 298 g/mol. The standard InChI is InChI=1S/C11H8Cl2N4S/c12-7-1-9-10(2-8(7)13)17(11(14)16-9)4-6-3-15-5-18-6/h1-3,5H,4H2,(H2,14,16). The Morgan fingerprint density at radius 2 is 2.06 bits per heavy atom. The Labute approximate surface area is 117 Å². The summed E-state index contributed by atoms with van der Waals surface area (Å²) in [5, 5.41) is 0.973. The van der Waals surface area contributed by atoms with E-state index in [1.54, 1.807) is 29.0 Å². The summed E-state index contributed by atoms with van der Waals surface area (Å²) in [5.41, 5.74) is 9.32. The van der Waals surface area contributed by atoms with Crippen molar-refractivity contribution < 1.29 is 0 Å². The van der Waals surface area contributed by atoms with Crippen LogP contribution in [0.15, 0.2) is 23.8 Å². The van der Waals surface area contributed by atoms with Gasteiger partial charge < -0.3 is 10.3 Å². The molecule has 1 aromatic carbocycles. The molecule has 0 fully saturated rings. The molecule has 0 unspecified atom stereocenters. The van der Waals surface area contributed by atoms with E-state index in [9.17, 15) is 0 Å². The van der Waals surface area contributed by atoms with Gasteiger partial charge in [0.05, 0.1) is 33.1 Å².